The van der Waals surface area contributed by atoms with Crippen LogP contribution in [-0.4, -0.2) is 136 Å². The van der Waals surface area contributed by atoms with E-state index in [4.69, 9.17) is 14.2 Å². The molecule has 104 heavy (non-hydrogen) atoms. The number of rotatable bonds is 51. The molecule has 602 valence electrons. The number of allylic oxidation sites excluding steroid dienone is 4. The van der Waals surface area contributed by atoms with E-state index in [0.717, 1.165) is 56.3 Å². The predicted octanol–water partition coefficient (Wildman–Crippen LogP) is 16.5. The first-order chi connectivity index (χ1) is 46.9. The van der Waals surface area contributed by atoms with E-state index in [-0.39, 0.29) is 110 Å². The monoisotopic (exact) mass is 1460 g/mol. The van der Waals surface area contributed by atoms with Gasteiger partial charge in [-0.25, -0.2) is 0 Å². The number of nitrogens with one attached hydrogen (secondary N) is 6. The highest BCUT2D eigenvalue weighted by Crippen LogP contribution is 2.39. The maximum absolute atomic E-state index is 14.3. The average molecular weight is 1470 g/mol. The Morgan fingerprint density at radius 3 is 1.09 bits per heavy atom. The molecule has 0 aromatic rings. The maximum atomic E-state index is 14.3. The Bertz CT molecular complexity index is 2820. The van der Waals surface area contributed by atoms with Crippen molar-refractivity contribution >= 4 is 47.3 Å². The minimum Gasteiger partial charge on any atom is -0.380 e. The molecule has 0 fully saturated rings. The molecule has 0 aliphatic carbocycles. The number of ether oxygens (including phenoxy) is 3. The van der Waals surface area contributed by atoms with Crippen molar-refractivity contribution in [3.05, 3.63) is 36.5 Å². The first-order valence-electron chi connectivity index (χ1n) is 39.2. The van der Waals surface area contributed by atoms with Crippen LogP contribution in [0, 0.1) is 70.4 Å². The molecular formula is C86H157N7O11. The highest BCUT2D eigenvalue weighted by Gasteiger charge is 2.37. The Morgan fingerprint density at radius 1 is 0.375 bits per heavy atom. The smallest absolute Gasteiger partial charge is 0.253 e. The normalized spacial score (nSPS) is 14.9. The van der Waals surface area contributed by atoms with Crippen LogP contribution in [0.5, 0.6) is 0 Å². The Balaban J connectivity index is 3.02. The van der Waals surface area contributed by atoms with E-state index in [1.165, 1.54) is 37.8 Å². The molecule has 0 aromatic carbocycles. The van der Waals surface area contributed by atoms with Crippen LogP contribution in [0.1, 0.15) is 310 Å². The van der Waals surface area contributed by atoms with Gasteiger partial charge in [0.1, 0.15) is 6.04 Å². The minimum absolute atomic E-state index is 0.000344. The minimum atomic E-state index is -1.06. The molecular weight excluding hydrogens is 1310 g/mol. The summed E-state index contributed by atoms with van der Waals surface area (Å²) < 4.78 is 18.9. The number of carbonyl (C=O) groups is 8. The summed E-state index contributed by atoms with van der Waals surface area (Å²) >= 11 is 0. The summed E-state index contributed by atoms with van der Waals surface area (Å²) in [5.41, 5.74) is -3.21. The van der Waals surface area contributed by atoms with Gasteiger partial charge in [0.2, 0.25) is 35.4 Å². The van der Waals surface area contributed by atoms with E-state index in [1.807, 2.05) is 96.9 Å². The molecule has 6 N–H and O–H groups in total. The molecule has 8 amide bonds. The second kappa shape index (κ2) is 40.5. The fourth-order valence-corrected chi connectivity index (χ4v) is 11.4. The van der Waals surface area contributed by atoms with E-state index in [0.29, 0.717) is 43.7 Å². The van der Waals surface area contributed by atoms with E-state index in [2.05, 4.69) is 167 Å². The van der Waals surface area contributed by atoms with Crippen molar-refractivity contribution in [1.29, 1.82) is 0 Å². The molecule has 0 aromatic heterocycles. The van der Waals surface area contributed by atoms with Crippen molar-refractivity contribution in [2.75, 3.05) is 72.3 Å². The van der Waals surface area contributed by atoms with Crippen molar-refractivity contribution in [1.82, 2.24) is 36.8 Å². The molecule has 0 saturated heterocycles. The van der Waals surface area contributed by atoms with Crippen molar-refractivity contribution in [2.45, 2.75) is 322 Å². The van der Waals surface area contributed by atoms with E-state index in [1.54, 1.807) is 0 Å². The Labute approximate surface area is 634 Å². The van der Waals surface area contributed by atoms with Crippen molar-refractivity contribution in [3.63, 3.8) is 0 Å². The first-order valence-corrected chi connectivity index (χ1v) is 39.2. The van der Waals surface area contributed by atoms with Gasteiger partial charge in [0.15, 0.2) is 0 Å². The van der Waals surface area contributed by atoms with Gasteiger partial charge in [-0.1, -0.05) is 218 Å². The molecule has 1 heterocycles. The summed E-state index contributed by atoms with van der Waals surface area (Å²) in [7, 11) is 0. The van der Waals surface area contributed by atoms with Crippen LogP contribution in [0.15, 0.2) is 36.5 Å². The quantitative estimate of drug-likeness (QED) is 0.0247. The number of nitrogens with zero attached hydrogens (tertiary/aromatic N) is 1. The first kappa shape index (κ1) is 97.1. The Morgan fingerprint density at radius 2 is 0.702 bits per heavy atom. The number of hydrogen-bond acceptors (Lipinski definition) is 11. The number of carbonyl (C=O) groups excluding carboxylic acids is 8. The Kier molecular flexibility index (Phi) is 37.8. The fraction of sp³-hybridized carbons (Fsp3) is 0.837. The lowest BCUT2D eigenvalue weighted by Gasteiger charge is -2.34. The van der Waals surface area contributed by atoms with Gasteiger partial charge in [0.25, 0.3) is 11.8 Å². The van der Waals surface area contributed by atoms with Crippen LogP contribution in [0.3, 0.4) is 0 Å². The van der Waals surface area contributed by atoms with Gasteiger partial charge in [-0.15, -0.1) is 0 Å². The summed E-state index contributed by atoms with van der Waals surface area (Å²) in [6.45, 7) is 66.9. The van der Waals surface area contributed by atoms with Crippen LogP contribution >= 0.6 is 0 Å². The van der Waals surface area contributed by atoms with Crippen molar-refractivity contribution in [2.24, 2.45) is 70.4 Å². The summed E-state index contributed by atoms with van der Waals surface area (Å²) in [5, 5.41) is 18.3. The molecule has 1 aliphatic heterocycles. The van der Waals surface area contributed by atoms with E-state index < -0.39 is 73.2 Å². The molecule has 0 unspecified atom stereocenters. The molecule has 1 aliphatic rings. The SMILES string of the molecule is CC(C)(C)CCC(C)(C)C/C=C\CC(C)(C)CCC(C)(C)C(=O)NCC(C)(C)COCC(C)(C)CNC(=O)[C@H](CCC(=O)NCC(C)(C)OCC(C)(C)CNC(=O)C(C)(C)CCC(C)(C)C/C=C\CC(C)(C)CCC(C)(C)C)NC(=O)CC(C)(C)COCC(C)(C)CNC(=O)CCN1C(=O)C=CC1=O. The zero-order chi connectivity index (χ0) is 80.5. The van der Waals surface area contributed by atoms with Gasteiger partial charge in [0.05, 0.1) is 38.6 Å². The molecule has 0 radical (unpaired) electrons. The molecule has 0 saturated carbocycles. The average Bonchev–Trinajstić information content (AvgIpc) is 1.10. The second-order valence-corrected chi connectivity index (χ2v) is 42.5. The molecule has 18 nitrogen and oxygen atoms in total. The zero-order valence-corrected chi connectivity index (χ0v) is 72.1. The Hall–Kier alpha value is -4.94. The second-order valence-electron chi connectivity index (χ2n) is 42.5. The van der Waals surface area contributed by atoms with Crippen LogP contribution < -0.4 is 31.9 Å². The van der Waals surface area contributed by atoms with Crippen LogP contribution in [-0.2, 0) is 52.6 Å². The fourth-order valence-electron chi connectivity index (χ4n) is 11.4. The molecule has 1 atom stereocenters. The van der Waals surface area contributed by atoms with Crippen molar-refractivity contribution in [3.8, 4) is 0 Å². The maximum Gasteiger partial charge on any atom is 0.253 e. The molecule has 0 spiro atoms. The highest BCUT2D eigenvalue weighted by molar-refractivity contribution is 6.13. The lowest BCUT2D eigenvalue weighted by atomic mass is 9.76. The third-order valence-corrected chi connectivity index (χ3v) is 20.1. The van der Waals surface area contributed by atoms with Crippen LogP contribution in [0.4, 0.5) is 0 Å². The summed E-state index contributed by atoms with van der Waals surface area (Å²) in [5.74, 6) is -2.34. The number of hydrogen-bond donors (Lipinski definition) is 6. The van der Waals surface area contributed by atoms with Gasteiger partial charge in [-0.3, -0.25) is 43.3 Å². The molecule has 1 rings (SSSR count). The van der Waals surface area contributed by atoms with E-state index >= 15 is 0 Å². The third kappa shape index (κ3) is 44.4. The van der Waals surface area contributed by atoms with Gasteiger partial charge < -0.3 is 46.1 Å². The van der Waals surface area contributed by atoms with Crippen molar-refractivity contribution < 1.29 is 52.6 Å². The summed E-state index contributed by atoms with van der Waals surface area (Å²) in [6.07, 6.45) is 23.8. The highest BCUT2D eigenvalue weighted by atomic mass is 16.5. The number of imide groups is 1. The summed E-state index contributed by atoms with van der Waals surface area (Å²) in [6, 6.07) is -1.06. The van der Waals surface area contributed by atoms with Crippen LogP contribution in [0.25, 0.3) is 0 Å². The predicted molar refractivity (Wildman–Crippen MR) is 427 cm³/mol. The van der Waals surface area contributed by atoms with Crippen LogP contribution in [0.2, 0.25) is 0 Å². The van der Waals surface area contributed by atoms with Gasteiger partial charge in [-0.2, -0.15) is 0 Å². The summed E-state index contributed by atoms with van der Waals surface area (Å²) in [4.78, 5) is 107. The van der Waals surface area contributed by atoms with Gasteiger partial charge in [-0.05, 0) is 135 Å². The zero-order valence-electron chi connectivity index (χ0n) is 72.1. The standard InChI is InChI=1S/C86H157N7O11/c1-73(2,3)44-46-75(7,8)40-31-33-42-77(11,12)48-50-84(25,26)71(100)90-56-82(21,22)62-103-61-81(19,20)55-89-70(99)64(92-67(96)53-79(15,16)59-102-60-80(17,18)54-87-66(95)39-52-93-68(97)37-38-69(93)98)35-36-65(94)88-58-86(29,30)104-63-83(23,24)57-91-72(101)85(27,28)51-49-78(13,14)43-34-32-41-76(9,10)47-45-74(4,5)6/h31-34,37-38,64H,35-36,39-63H2,1-30H3,(H,87,95)(H,88,94)(H,89,99)(H,90,100)(H,91,101)(H,92,96)/b33-31-,34-32-/t64-/m0/s1. The molecule has 0 bridgehead atoms. The lowest BCUT2D eigenvalue weighted by molar-refractivity contribution is -0.137. The topological polar surface area (TPSA) is 240 Å². The largest absolute Gasteiger partial charge is 0.380 e. The van der Waals surface area contributed by atoms with Gasteiger partial charge >= 0.3 is 0 Å². The number of amides is 8. The van der Waals surface area contributed by atoms with Gasteiger partial charge in [0, 0.05) is 103 Å². The van der Waals surface area contributed by atoms with E-state index in [9.17, 15) is 38.4 Å². The molecule has 18 heteroatoms. The lowest BCUT2D eigenvalue weighted by Crippen LogP contribution is -2.50. The third-order valence-electron chi connectivity index (χ3n) is 20.1.